The van der Waals surface area contributed by atoms with Crippen molar-refractivity contribution in [2.75, 3.05) is 27.2 Å². The van der Waals surface area contributed by atoms with E-state index in [1.807, 2.05) is 25.1 Å². The summed E-state index contributed by atoms with van der Waals surface area (Å²) in [7, 11) is 3.99. The summed E-state index contributed by atoms with van der Waals surface area (Å²) < 4.78 is 0. The highest BCUT2D eigenvalue weighted by Gasteiger charge is 2.22. The Labute approximate surface area is 125 Å². The van der Waals surface area contributed by atoms with Gasteiger partial charge in [-0.15, -0.1) is 0 Å². The summed E-state index contributed by atoms with van der Waals surface area (Å²) in [6, 6.07) is 0. The number of nitrogens with one attached hydrogen (secondary N) is 1. The number of hydrogen-bond acceptors (Lipinski definition) is 2. The first-order valence-corrected chi connectivity index (χ1v) is 8.02. The number of hydrogen-bond donors (Lipinski definition) is 1. The van der Waals surface area contributed by atoms with Crippen molar-refractivity contribution in [3.8, 4) is 0 Å². The van der Waals surface area contributed by atoms with Crippen LogP contribution in [0.15, 0.2) is 12.2 Å². The number of nitrogens with zero attached hydrogens (tertiary/aromatic N) is 1. The van der Waals surface area contributed by atoms with Crippen LogP contribution in [0.1, 0.15) is 59.3 Å². The Kier molecular flexibility index (Phi) is 10.4. The van der Waals surface area contributed by atoms with Crippen molar-refractivity contribution < 1.29 is 4.79 Å². The molecule has 0 rings (SSSR count). The second kappa shape index (κ2) is 10.9. The Balaban J connectivity index is 4.17. The van der Waals surface area contributed by atoms with Crippen LogP contribution in [0.4, 0.5) is 0 Å². The maximum atomic E-state index is 11.8. The lowest BCUT2D eigenvalue weighted by molar-refractivity contribution is -0.117. The molecule has 3 heteroatoms. The predicted molar refractivity (Wildman–Crippen MR) is 87.9 cm³/mol. The van der Waals surface area contributed by atoms with Crippen LogP contribution in [0.25, 0.3) is 0 Å². The summed E-state index contributed by atoms with van der Waals surface area (Å²) in [5.74, 6) is 0.0321. The molecule has 0 aromatic heterocycles. The molecule has 0 aromatic rings. The summed E-state index contributed by atoms with van der Waals surface area (Å²) in [5, 5.41) is 3.06. The third-order valence-corrected chi connectivity index (χ3v) is 3.67. The van der Waals surface area contributed by atoms with Crippen LogP contribution in [-0.4, -0.2) is 38.0 Å². The highest BCUT2D eigenvalue weighted by molar-refractivity contribution is 5.87. The van der Waals surface area contributed by atoms with Crippen LogP contribution in [-0.2, 0) is 4.79 Å². The molecule has 1 unspecified atom stereocenters. The lowest BCUT2D eigenvalue weighted by Crippen LogP contribution is -2.35. The average molecular weight is 282 g/mol. The SMILES string of the molecule is CCCCCC(C)(CCC)CNC(=O)/C=C/CN(C)C. The quantitative estimate of drug-likeness (QED) is 0.464. The van der Waals surface area contributed by atoms with Crippen molar-refractivity contribution >= 4 is 5.91 Å². The van der Waals surface area contributed by atoms with Crippen LogP contribution in [0.2, 0.25) is 0 Å². The van der Waals surface area contributed by atoms with Gasteiger partial charge in [-0.3, -0.25) is 4.79 Å². The number of carbonyl (C=O) groups is 1. The minimum Gasteiger partial charge on any atom is -0.352 e. The van der Waals surface area contributed by atoms with Crippen molar-refractivity contribution in [2.24, 2.45) is 5.41 Å². The largest absolute Gasteiger partial charge is 0.352 e. The molecule has 20 heavy (non-hydrogen) atoms. The summed E-state index contributed by atoms with van der Waals surface area (Å²) in [6.07, 6.45) is 10.9. The number of unbranched alkanes of at least 4 members (excludes halogenated alkanes) is 2. The minimum atomic E-state index is 0.0321. The number of amides is 1. The fourth-order valence-electron chi connectivity index (χ4n) is 2.44. The summed E-state index contributed by atoms with van der Waals surface area (Å²) in [5.41, 5.74) is 0.245. The van der Waals surface area contributed by atoms with E-state index in [0.29, 0.717) is 0 Å². The van der Waals surface area contributed by atoms with E-state index < -0.39 is 0 Å². The molecule has 1 atom stereocenters. The van der Waals surface area contributed by atoms with Crippen LogP contribution in [0.5, 0.6) is 0 Å². The molecule has 0 aliphatic carbocycles. The van der Waals surface area contributed by atoms with Gasteiger partial charge in [0, 0.05) is 19.2 Å². The highest BCUT2D eigenvalue weighted by Crippen LogP contribution is 2.29. The number of likely N-dealkylation sites (N-methyl/N-ethyl adjacent to an activating group) is 1. The number of rotatable bonds is 11. The molecule has 0 aliphatic rings. The molecule has 3 nitrogen and oxygen atoms in total. The third-order valence-electron chi connectivity index (χ3n) is 3.67. The molecule has 0 aliphatic heterocycles. The van der Waals surface area contributed by atoms with E-state index in [9.17, 15) is 4.79 Å². The highest BCUT2D eigenvalue weighted by atomic mass is 16.1. The second-order valence-corrected chi connectivity index (χ2v) is 6.40. The van der Waals surface area contributed by atoms with E-state index in [1.54, 1.807) is 6.08 Å². The Morgan fingerprint density at radius 1 is 1.15 bits per heavy atom. The first-order valence-electron chi connectivity index (χ1n) is 8.02. The van der Waals surface area contributed by atoms with E-state index in [-0.39, 0.29) is 11.3 Å². The molecule has 0 saturated heterocycles. The van der Waals surface area contributed by atoms with Gasteiger partial charge in [0.15, 0.2) is 0 Å². The Bertz CT molecular complexity index is 287. The van der Waals surface area contributed by atoms with Gasteiger partial charge < -0.3 is 10.2 Å². The van der Waals surface area contributed by atoms with Crippen molar-refractivity contribution in [3.63, 3.8) is 0 Å². The lowest BCUT2D eigenvalue weighted by atomic mass is 9.80. The Hall–Kier alpha value is -0.830. The van der Waals surface area contributed by atoms with E-state index in [2.05, 4.69) is 26.1 Å². The van der Waals surface area contributed by atoms with Crippen molar-refractivity contribution in [1.82, 2.24) is 10.2 Å². The van der Waals surface area contributed by atoms with E-state index in [4.69, 9.17) is 0 Å². The Morgan fingerprint density at radius 3 is 2.40 bits per heavy atom. The zero-order valence-electron chi connectivity index (χ0n) is 14.2. The first kappa shape index (κ1) is 19.2. The summed E-state index contributed by atoms with van der Waals surface area (Å²) in [4.78, 5) is 13.8. The summed E-state index contributed by atoms with van der Waals surface area (Å²) in [6.45, 7) is 8.34. The molecule has 0 radical (unpaired) electrons. The Morgan fingerprint density at radius 2 is 1.85 bits per heavy atom. The van der Waals surface area contributed by atoms with Gasteiger partial charge >= 0.3 is 0 Å². The van der Waals surface area contributed by atoms with Crippen molar-refractivity contribution in [1.29, 1.82) is 0 Å². The van der Waals surface area contributed by atoms with Gasteiger partial charge in [-0.2, -0.15) is 0 Å². The van der Waals surface area contributed by atoms with Crippen LogP contribution in [0, 0.1) is 5.41 Å². The van der Waals surface area contributed by atoms with Gasteiger partial charge in [0.25, 0.3) is 0 Å². The molecule has 0 fully saturated rings. The molecule has 1 amide bonds. The molecule has 0 spiro atoms. The van der Waals surface area contributed by atoms with Gasteiger partial charge in [-0.05, 0) is 32.4 Å². The fraction of sp³-hybridized carbons (Fsp3) is 0.824. The molecule has 0 aromatic carbocycles. The van der Waals surface area contributed by atoms with Crippen molar-refractivity contribution in [2.45, 2.75) is 59.3 Å². The zero-order chi connectivity index (χ0) is 15.4. The first-order chi connectivity index (χ1) is 9.43. The zero-order valence-corrected chi connectivity index (χ0v) is 14.2. The standard InChI is InChI=1S/C17H34N2O/c1-6-8-9-13-17(3,12-7-2)15-18-16(20)11-10-14-19(4)5/h10-11H,6-9,12-15H2,1-5H3,(H,18,20)/b11-10+. The topological polar surface area (TPSA) is 32.3 Å². The average Bonchev–Trinajstić information content (AvgIpc) is 2.37. The van der Waals surface area contributed by atoms with E-state index >= 15 is 0 Å². The maximum Gasteiger partial charge on any atom is 0.243 e. The van der Waals surface area contributed by atoms with Crippen LogP contribution < -0.4 is 5.32 Å². The summed E-state index contributed by atoms with van der Waals surface area (Å²) >= 11 is 0. The molecular formula is C17H34N2O. The van der Waals surface area contributed by atoms with Gasteiger partial charge in [0.1, 0.15) is 0 Å². The third kappa shape index (κ3) is 10.0. The van der Waals surface area contributed by atoms with E-state index in [1.165, 1.54) is 38.5 Å². The monoisotopic (exact) mass is 282 g/mol. The second-order valence-electron chi connectivity index (χ2n) is 6.40. The predicted octanol–water partition coefficient (Wildman–Crippen LogP) is 3.61. The smallest absolute Gasteiger partial charge is 0.243 e. The van der Waals surface area contributed by atoms with Crippen LogP contribution in [0.3, 0.4) is 0 Å². The molecule has 0 saturated carbocycles. The van der Waals surface area contributed by atoms with Gasteiger partial charge in [-0.1, -0.05) is 52.5 Å². The molecule has 118 valence electrons. The fourth-order valence-corrected chi connectivity index (χ4v) is 2.44. The maximum absolute atomic E-state index is 11.8. The normalized spacial score (nSPS) is 14.7. The van der Waals surface area contributed by atoms with Gasteiger partial charge in [-0.25, -0.2) is 0 Å². The molecular weight excluding hydrogens is 248 g/mol. The van der Waals surface area contributed by atoms with Gasteiger partial charge in [0.05, 0.1) is 0 Å². The van der Waals surface area contributed by atoms with Crippen molar-refractivity contribution in [3.05, 3.63) is 12.2 Å². The molecule has 0 bridgehead atoms. The minimum absolute atomic E-state index is 0.0321. The number of carbonyl (C=O) groups excluding carboxylic acids is 1. The van der Waals surface area contributed by atoms with E-state index in [0.717, 1.165) is 13.1 Å². The molecule has 1 N–H and O–H groups in total. The van der Waals surface area contributed by atoms with Crippen LogP contribution >= 0.6 is 0 Å². The molecule has 0 heterocycles. The van der Waals surface area contributed by atoms with Gasteiger partial charge in [0.2, 0.25) is 5.91 Å². The lowest BCUT2D eigenvalue weighted by Gasteiger charge is -2.29.